The third-order valence-electron chi connectivity index (χ3n) is 3.33. The predicted octanol–water partition coefficient (Wildman–Crippen LogP) is 5.07. The van der Waals surface area contributed by atoms with E-state index < -0.39 is 8.32 Å². The molecule has 0 bridgehead atoms. The highest BCUT2D eigenvalue weighted by Gasteiger charge is 2.36. The largest absolute Gasteiger partial charge is 0.416 e. The zero-order chi connectivity index (χ0) is 12.4. The quantitative estimate of drug-likeness (QED) is 0.703. The molecule has 1 aromatic heterocycles. The fraction of sp³-hybridized carbons (Fsp3) is 0.667. The van der Waals surface area contributed by atoms with Crippen LogP contribution < -0.4 is 0 Å². The molecule has 0 unspecified atom stereocenters. The summed E-state index contributed by atoms with van der Waals surface area (Å²) in [5.41, 5.74) is 1.36. The normalized spacial score (nSPS) is 13.1. The van der Waals surface area contributed by atoms with E-state index in [1.807, 2.05) is 0 Å². The fourth-order valence-corrected chi connectivity index (χ4v) is 3.50. The summed E-state index contributed by atoms with van der Waals surface area (Å²) in [5, 5.41) is 2.42. The summed E-state index contributed by atoms with van der Waals surface area (Å²) >= 11 is 5.30. The highest BCUT2D eigenvalue weighted by Crippen LogP contribution is 2.36. The molecule has 0 radical (unpaired) electrons. The average Bonchev–Trinajstić information content (AvgIpc) is 2.49. The maximum absolute atomic E-state index is 6.14. The van der Waals surface area contributed by atoms with Gasteiger partial charge in [-0.05, 0) is 57.5 Å². The SMILES string of the molecule is CC(C)(C)[Si](C)(C)OCCc1ccsc1Br. The molecule has 0 saturated heterocycles. The minimum atomic E-state index is -1.57. The Morgan fingerprint density at radius 1 is 1.38 bits per heavy atom. The van der Waals surface area contributed by atoms with E-state index in [2.05, 4.69) is 61.2 Å². The van der Waals surface area contributed by atoms with Crippen molar-refractivity contribution in [1.82, 2.24) is 0 Å². The highest BCUT2D eigenvalue weighted by atomic mass is 79.9. The van der Waals surface area contributed by atoms with Gasteiger partial charge in [-0.25, -0.2) is 0 Å². The van der Waals surface area contributed by atoms with Crippen molar-refractivity contribution in [2.45, 2.75) is 45.3 Å². The van der Waals surface area contributed by atoms with Gasteiger partial charge in [0.2, 0.25) is 0 Å². The van der Waals surface area contributed by atoms with Gasteiger partial charge in [0.15, 0.2) is 8.32 Å². The number of halogens is 1. The van der Waals surface area contributed by atoms with Crippen LogP contribution in [0.15, 0.2) is 15.2 Å². The summed E-state index contributed by atoms with van der Waals surface area (Å²) in [6.45, 7) is 12.3. The maximum Gasteiger partial charge on any atom is 0.191 e. The second kappa shape index (κ2) is 5.34. The lowest BCUT2D eigenvalue weighted by atomic mass is 10.2. The van der Waals surface area contributed by atoms with Gasteiger partial charge in [0.25, 0.3) is 0 Å². The van der Waals surface area contributed by atoms with Gasteiger partial charge in [0, 0.05) is 6.61 Å². The lowest BCUT2D eigenvalue weighted by molar-refractivity contribution is 0.292. The van der Waals surface area contributed by atoms with Crippen LogP contribution in [0.4, 0.5) is 0 Å². The molecule has 1 rings (SSSR count). The molecule has 16 heavy (non-hydrogen) atoms. The molecule has 92 valence electrons. The molecule has 0 aliphatic carbocycles. The average molecular weight is 321 g/mol. The van der Waals surface area contributed by atoms with E-state index in [1.54, 1.807) is 11.3 Å². The molecule has 0 fully saturated rings. The van der Waals surface area contributed by atoms with Crippen molar-refractivity contribution in [3.05, 3.63) is 20.8 Å². The Morgan fingerprint density at radius 3 is 2.44 bits per heavy atom. The molecule has 0 amide bonds. The molecule has 0 spiro atoms. The maximum atomic E-state index is 6.14. The fourth-order valence-electron chi connectivity index (χ4n) is 1.13. The van der Waals surface area contributed by atoms with E-state index in [4.69, 9.17) is 4.43 Å². The van der Waals surface area contributed by atoms with Crippen molar-refractivity contribution in [2.75, 3.05) is 6.61 Å². The second-order valence-electron chi connectivity index (χ2n) is 5.58. The molecule has 0 atom stereocenters. The van der Waals surface area contributed by atoms with Crippen LogP contribution >= 0.6 is 27.3 Å². The van der Waals surface area contributed by atoms with Gasteiger partial charge in [-0.1, -0.05) is 20.8 Å². The first-order valence-corrected chi connectivity index (χ1v) is 10.2. The Hall–Kier alpha value is 0.357. The first-order valence-electron chi connectivity index (χ1n) is 5.60. The van der Waals surface area contributed by atoms with Crippen LogP contribution in [0.2, 0.25) is 18.1 Å². The summed E-state index contributed by atoms with van der Waals surface area (Å²) in [6, 6.07) is 2.17. The van der Waals surface area contributed by atoms with Crippen LogP contribution in [0.25, 0.3) is 0 Å². The zero-order valence-corrected chi connectivity index (χ0v) is 14.2. The minimum Gasteiger partial charge on any atom is -0.416 e. The monoisotopic (exact) mass is 320 g/mol. The van der Waals surface area contributed by atoms with E-state index in [0.29, 0.717) is 5.04 Å². The smallest absolute Gasteiger partial charge is 0.191 e. The highest BCUT2D eigenvalue weighted by molar-refractivity contribution is 9.11. The summed E-state index contributed by atoms with van der Waals surface area (Å²) < 4.78 is 7.39. The topological polar surface area (TPSA) is 9.23 Å². The summed E-state index contributed by atoms with van der Waals surface area (Å²) in [5.74, 6) is 0. The van der Waals surface area contributed by atoms with Crippen molar-refractivity contribution < 1.29 is 4.43 Å². The van der Waals surface area contributed by atoms with Gasteiger partial charge in [-0.2, -0.15) is 0 Å². The van der Waals surface area contributed by atoms with Gasteiger partial charge in [0.1, 0.15) is 0 Å². The number of hydrogen-bond donors (Lipinski definition) is 0. The summed E-state index contributed by atoms with van der Waals surface area (Å²) in [6.07, 6.45) is 1.01. The Morgan fingerprint density at radius 2 is 2.00 bits per heavy atom. The molecule has 1 aromatic rings. The first kappa shape index (κ1) is 14.4. The van der Waals surface area contributed by atoms with E-state index >= 15 is 0 Å². The molecule has 1 heterocycles. The van der Waals surface area contributed by atoms with Crippen LogP contribution in [0.1, 0.15) is 26.3 Å². The van der Waals surface area contributed by atoms with Gasteiger partial charge in [-0.15, -0.1) is 11.3 Å². The number of thiophene rings is 1. The number of rotatable bonds is 4. The third-order valence-corrected chi connectivity index (χ3v) is 9.68. The van der Waals surface area contributed by atoms with Crippen molar-refractivity contribution in [1.29, 1.82) is 0 Å². The van der Waals surface area contributed by atoms with Crippen LogP contribution in [0, 0.1) is 0 Å². The lowest BCUT2D eigenvalue weighted by Gasteiger charge is -2.36. The van der Waals surface area contributed by atoms with Crippen molar-refractivity contribution in [3.63, 3.8) is 0 Å². The Balaban J connectivity index is 2.45. The van der Waals surface area contributed by atoms with Gasteiger partial charge in [-0.3, -0.25) is 0 Å². The van der Waals surface area contributed by atoms with Crippen LogP contribution in [-0.2, 0) is 10.8 Å². The molecule has 4 heteroatoms. The minimum absolute atomic E-state index is 0.304. The summed E-state index contributed by atoms with van der Waals surface area (Å²) in [4.78, 5) is 0. The lowest BCUT2D eigenvalue weighted by Crippen LogP contribution is -2.41. The van der Waals surface area contributed by atoms with E-state index in [1.165, 1.54) is 9.35 Å². The van der Waals surface area contributed by atoms with Crippen molar-refractivity contribution in [2.24, 2.45) is 0 Å². The molecular weight excluding hydrogens is 300 g/mol. The Bertz CT molecular complexity index is 341. The van der Waals surface area contributed by atoms with Gasteiger partial charge < -0.3 is 4.43 Å². The van der Waals surface area contributed by atoms with Crippen LogP contribution in [0.5, 0.6) is 0 Å². The van der Waals surface area contributed by atoms with Crippen LogP contribution in [-0.4, -0.2) is 14.9 Å². The molecule has 1 nitrogen and oxygen atoms in total. The Kier molecular flexibility index (Phi) is 4.81. The molecule has 0 N–H and O–H groups in total. The molecule has 0 aromatic carbocycles. The molecule has 0 aliphatic heterocycles. The second-order valence-corrected chi connectivity index (χ2v) is 12.6. The summed E-state index contributed by atoms with van der Waals surface area (Å²) in [7, 11) is -1.57. The third kappa shape index (κ3) is 3.69. The van der Waals surface area contributed by atoms with Crippen molar-refractivity contribution >= 4 is 35.6 Å². The zero-order valence-electron chi connectivity index (χ0n) is 10.8. The van der Waals surface area contributed by atoms with Crippen LogP contribution in [0.3, 0.4) is 0 Å². The first-order chi connectivity index (χ1) is 7.24. The Labute approximate surface area is 112 Å². The van der Waals surface area contributed by atoms with E-state index in [-0.39, 0.29) is 0 Å². The molecule has 0 aliphatic rings. The van der Waals surface area contributed by atoms with Gasteiger partial charge >= 0.3 is 0 Å². The van der Waals surface area contributed by atoms with E-state index in [9.17, 15) is 0 Å². The standard InChI is InChI=1S/C12H21BrOSSi/c1-12(2,3)16(4,5)14-8-6-10-7-9-15-11(10)13/h7,9H,6,8H2,1-5H3. The van der Waals surface area contributed by atoms with Gasteiger partial charge in [0.05, 0.1) is 3.79 Å². The predicted molar refractivity (Wildman–Crippen MR) is 78.9 cm³/mol. The van der Waals surface area contributed by atoms with E-state index in [0.717, 1.165) is 13.0 Å². The van der Waals surface area contributed by atoms with Crippen molar-refractivity contribution in [3.8, 4) is 0 Å². The molecule has 0 saturated carbocycles. The number of hydrogen-bond acceptors (Lipinski definition) is 2. The molecular formula is C12H21BrOSSi.